The molecule has 1 fully saturated rings. The summed E-state index contributed by atoms with van der Waals surface area (Å²) < 4.78 is 0. The fourth-order valence-corrected chi connectivity index (χ4v) is 2.82. The Morgan fingerprint density at radius 3 is 2.09 bits per heavy atom. The van der Waals surface area contributed by atoms with Crippen molar-refractivity contribution in [1.29, 1.82) is 5.39 Å². The van der Waals surface area contributed by atoms with Gasteiger partial charge in [0.2, 0.25) is 5.39 Å². The van der Waals surface area contributed by atoms with Crippen LogP contribution in [0.25, 0.3) is 4.98 Å². The summed E-state index contributed by atoms with van der Waals surface area (Å²) in [6.07, 6.45) is 6.42. The van der Waals surface area contributed by atoms with Crippen molar-refractivity contribution >= 4 is 23.0 Å². The number of anilines is 1. The molecule has 1 aliphatic carbocycles. The van der Waals surface area contributed by atoms with E-state index in [0.29, 0.717) is 16.8 Å². The van der Waals surface area contributed by atoms with Gasteiger partial charge in [-0.05, 0) is 18.9 Å². The molecule has 0 saturated heterocycles. The average molecular weight is 458 g/mol. The molecule has 0 bridgehead atoms. The Kier molecular flexibility index (Phi) is 20.8. The standard InChI is InChI=1S/C13H17ClN3.4ClH.Zn/c1-17(11-5-3-2-4-6-11)13-8-7-10(16-15)9-12(13)14;;;;;/h7-9,11H,2-6H2,1H3;4*1H;/q+1;;;;;+2/p-4. The first-order valence-corrected chi connectivity index (χ1v) is 6.47. The number of diazo groups is 1. The fourth-order valence-electron chi connectivity index (χ4n) is 2.51. The van der Waals surface area contributed by atoms with E-state index in [-0.39, 0.29) is 69.1 Å². The van der Waals surface area contributed by atoms with Crippen molar-refractivity contribution in [1.82, 2.24) is 0 Å². The Morgan fingerprint density at radius 1 is 1.09 bits per heavy atom. The smallest absolute Gasteiger partial charge is 1.00 e. The first-order chi connectivity index (χ1) is 8.22. The normalized spacial score (nSPS) is 12.8. The zero-order valence-corrected chi connectivity index (χ0v) is 19.0. The van der Waals surface area contributed by atoms with E-state index in [0.717, 1.165) is 5.69 Å². The minimum atomic E-state index is 0. The number of hydrogen-bond donors (Lipinski definition) is 0. The molecule has 0 aromatic heterocycles. The second-order valence-corrected chi connectivity index (χ2v) is 5.05. The Hall–Kier alpha value is 0.513. The van der Waals surface area contributed by atoms with Crippen LogP contribution < -0.4 is 54.5 Å². The van der Waals surface area contributed by atoms with E-state index >= 15 is 0 Å². The van der Waals surface area contributed by atoms with Crippen molar-refractivity contribution in [3.63, 3.8) is 0 Å². The SMILES string of the molecule is CN(c1ccc([N+]#N)cc1Cl)C1CCCCC1.[Cl-].[Cl-].[Cl-].[Cl-].[Zn+2]. The van der Waals surface area contributed by atoms with Crippen LogP contribution in [0, 0.1) is 5.39 Å². The molecular weight excluding hydrogens is 441 g/mol. The van der Waals surface area contributed by atoms with Crippen LogP contribution in [0.15, 0.2) is 18.2 Å². The summed E-state index contributed by atoms with van der Waals surface area (Å²) in [6.45, 7) is 0. The molecule has 0 aliphatic heterocycles. The van der Waals surface area contributed by atoms with Crippen LogP contribution in [0.2, 0.25) is 5.02 Å². The quantitative estimate of drug-likeness (QED) is 0.326. The van der Waals surface area contributed by atoms with Crippen molar-refractivity contribution < 1.29 is 69.1 Å². The first-order valence-electron chi connectivity index (χ1n) is 6.10. The van der Waals surface area contributed by atoms with Crippen molar-refractivity contribution in [2.45, 2.75) is 38.1 Å². The Balaban J connectivity index is -0.000000324. The van der Waals surface area contributed by atoms with Gasteiger partial charge in [-0.25, -0.2) is 0 Å². The van der Waals surface area contributed by atoms with E-state index in [1.165, 1.54) is 32.1 Å². The topological polar surface area (TPSA) is 31.4 Å². The number of benzene rings is 1. The maximum Gasteiger partial charge on any atom is 2.00 e. The molecule has 22 heavy (non-hydrogen) atoms. The molecule has 3 nitrogen and oxygen atoms in total. The minimum absolute atomic E-state index is 0. The molecule has 0 amide bonds. The zero-order chi connectivity index (χ0) is 12.3. The van der Waals surface area contributed by atoms with Crippen LogP contribution in [0.4, 0.5) is 11.4 Å². The molecule has 0 N–H and O–H groups in total. The number of hydrogen-bond acceptors (Lipinski definition) is 2. The molecule has 1 aromatic carbocycles. The summed E-state index contributed by atoms with van der Waals surface area (Å²) >= 11 is 6.21. The fraction of sp³-hybridized carbons (Fsp3) is 0.538. The van der Waals surface area contributed by atoms with Crippen LogP contribution in [0.3, 0.4) is 0 Å². The van der Waals surface area contributed by atoms with E-state index in [1.54, 1.807) is 12.1 Å². The van der Waals surface area contributed by atoms with Crippen LogP contribution in [-0.2, 0) is 19.5 Å². The van der Waals surface area contributed by atoms with Gasteiger partial charge in [-0.15, -0.1) is 0 Å². The molecule has 0 unspecified atom stereocenters. The molecule has 122 valence electrons. The molecule has 1 saturated carbocycles. The van der Waals surface area contributed by atoms with Gasteiger partial charge >= 0.3 is 25.2 Å². The molecular formula is C13H17Cl5N3Zn-. The van der Waals surface area contributed by atoms with Crippen LogP contribution in [0.5, 0.6) is 0 Å². The molecule has 0 spiro atoms. The summed E-state index contributed by atoms with van der Waals surface area (Å²) in [5.74, 6) is 0. The molecule has 1 aromatic rings. The van der Waals surface area contributed by atoms with Gasteiger partial charge in [0.15, 0.2) is 4.98 Å². The van der Waals surface area contributed by atoms with Gasteiger partial charge in [0.1, 0.15) is 0 Å². The van der Waals surface area contributed by atoms with E-state index < -0.39 is 0 Å². The second kappa shape index (κ2) is 15.1. The van der Waals surface area contributed by atoms with Gasteiger partial charge < -0.3 is 54.5 Å². The monoisotopic (exact) mass is 454 g/mol. The zero-order valence-electron chi connectivity index (χ0n) is 12.3. The van der Waals surface area contributed by atoms with Gasteiger partial charge in [0, 0.05) is 19.2 Å². The first kappa shape index (κ1) is 30.4. The van der Waals surface area contributed by atoms with Crippen molar-refractivity contribution in [2.24, 2.45) is 0 Å². The van der Waals surface area contributed by atoms with E-state index in [1.807, 2.05) is 6.07 Å². The van der Waals surface area contributed by atoms with E-state index in [4.69, 9.17) is 17.0 Å². The van der Waals surface area contributed by atoms with Crippen molar-refractivity contribution in [3.8, 4) is 0 Å². The maximum atomic E-state index is 8.69. The molecule has 9 heteroatoms. The molecule has 1 aliphatic rings. The maximum absolute atomic E-state index is 8.69. The Morgan fingerprint density at radius 2 is 1.64 bits per heavy atom. The van der Waals surface area contributed by atoms with Gasteiger partial charge in [0.05, 0.1) is 16.8 Å². The summed E-state index contributed by atoms with van der Waals surface area (Å²) in [7, 11) is 2.09. The molecule has 0 atom stereocenters. The van der Waals surface area contributed by atoms with Gasteiger partial charge in [-0.3, -0.25) is 0 Å². The molecule has 2 rings (SSSR count). The Bertz CT molecular complexity index is 450. The number of rotatable bonds is 2. The van der Waals surface area contributed by atoms with Crippen LogP contribution >= 0.6 is 11.6 Å². The van der Waals surface area contributed by atoms with Crippen LogP contribution in [-0.4, -0.2) is 13.1 Å². The van der Waals surface area contributed by atoms with E-state index in [2.05, 4.69) is 16.9 Å². The van der Waals surface area contributed by atoms with Gasteiger partial charge in [-0.2, -0.15) is 0 Å². The minimum Gasteiger partial charge on any atom is -1.00 e. The third kappa shape index (κ3) is 7.87. The average Bonchev–Trinajstić information content (AvgIpc) is 2.39. The third-order valence-electron chi connectivity index (χ3n) is 3.55. The summed E-state index contributed by atoms with van der Waals surface area (Å²) in [5.41, 5.74) is 1.52. The number of halogens is 5. The molecule has 0 heterocycles. The summed E-state index contributed by atoms with van der Waals surface area (Å²) in [4.78, 5) is 5.39. The number of nitrogens with zero attached hydrogens (tertiary/aromatic N) is 3. The second-order valence-electron chi connectivity index (χ2n) is 4.64. The van der Waals surface area contributed by atoms with E-state index in [9.17, 15) is 0 Å². The Labute approximate surface area is 174 Å². The predicted molar refractivity (Wildman–Crippen MR) is 71.5 cm³/mol. The van der Waals surface area contributed by atoms with Crippen LogP contribution in [0.1, 0.15) is 32.1 Å². The molecule has 0 radical (unpaired) electrons. The third-order valence-corrected chi connectivity index (χ3v) is 3.85. The van der Waals surface area contributed by atoms with Crippen molar-refractivity contribution in [2.75, 3.05) is 11.9 Å². The van der Waals surface area contributed by atoms with Crippen molar-refractivity contribution in [3.05, 3.63) is 28.2 Å². The summed E-state index contributed by atoms with van der Waals surface area (Å²) in [5, 5.41) is 9.34. The predicted octanol–water partition coefficient (Wildman–Crippen LogP) is -7.39. The summed E-state index contributed by atoms with van der Waals surface area (Å²) in [6, 6.07) is 5.97. The van der Waals surface area contributed by atoms with Gasteiger partial charge in [-0.1, -0.05) is 30.9 Å². The largest absolute Gasteiger partial charge is 2.00 e. The van der Waals surface area contributed by atoms with Gasteiger partial charge in [0.25, 0.3) is 0 Å².